The summed E-state index contributed by atoms with van der Waals surface area (Å²) in [6, 6.07) is 5.62. The molecular weight excluding hydrogens is 238 g/mol. The van der Waals surface area contributed by atoms with Crippen molar-refractivity contribution in [3.05, 3.63) is 33.9 Å². The number of carbonyl (C=O) groups is 1. The lowest BCUT2D eigenvalue weighted by Crippen LogP contribution is -2.29. The largest absolute Gasteiger partial charge is 0.480 e. The molecule has 0 unspecified atom stereocenters. The molecule has 7 heteroatoms. The van der Waals surface area contributed by atoms with Crippen molar-refractivity contribution in [2.24, 2.45) is 0 Å². The normalized spacial score (nSPS) is 9.56. The summed E-state index contributed by atoms with van der Waals surface area (Å²) in [4.78, 5) is 22.1. The molecule has 0 amide bonds. The summed E-state index contributed by atoms with van der Waals surface area (Å²) >= 11 is 0. The zero-order valence-electron chi connectivity index (χ0n) is 9.66. The summed E-state index contributed by atoms with van der Waals surface area (Å²) in [6.07, 6.45) is 0. The average Bonchev–Trinajstić information content (AvgIpc) is 2.34. The van der Waals surface area contributed by atoms with Crippen LogP contribution in [0.5, 0.6) is 0 Å². The van der Waals surface area contributed by atoms with E-state index in [0.717, 1.165) is 6.07 Å². The van der Waals surface area contributed by atoms with Gasteiger partial charge in [-0.3, -0.25) is 14.9 Å². The first-order chi connectivity index (χ1) is 8.49. The van der Waals surface area contributed by atoms with Crippen LogP contribution in [0.1, 0.15) is 12.5 Å². The lowest BCUT2D eigenvalue weighted by atomic mass is 10.1. The van der Waals surface area contributed by atoms with E-state index in [1.807, 2.05) is 6.07 Å². The van der Waals surface area contributed by atoms with Crippen molar-refractivity contribution in [2.45, 2.75) is 6.92 Å². The standard InChI is InChI=1S/C11H11N3O4/c1-2-13(7-11(15)16)10-4-3-9(14(17)18)5-8(10)6-12/h3-5H,2,7H2,1H3,(H,15,16). The van der Waals surface area contributed by atoms with E-state index in [0.29, 0.717) is 12.2 Å². The first-order valence-corrected chi connectivity index (χ1v) is 5.14. The van der Waals surface area contributed by atoms with Gasteiger partial charge < -0.3 is 10.0 Å². The molecule has 1 aromatic rings. The number of nitrogens with zero attached hydrogens (tertiary/aromatic N) is 3. The maximum absolute atomic E-state index is 10.7. The third-order valence-corrected chi connectivity index (χ3v) is 2.36. The Kier molecular flexibility index (Phi) is 4.21. The number of hydrogen-bond acceptors (Lipinski definition) is 5. The zero-order chi connectivity index (χ0) is 13.7. The van der Waals surface area contributed by atoms with E-state index in [1.165, 1.54) is 17.0 Å². The maximum atomic E-state index is 10.7. The summed E-state index contributed by atoms with van der Waals surface area (Å²) in [5.41, 5.74) is 0.280. The van der Waals surface area contributed by atoms with Crippen LogP contribution in [0.3, 0.4) is 0 Å². The molecule has 0 bridgehead atoms. The molecule has 0 saturated carbocycles. The lowest BCUT2D eigenvalue weighted by molar-refractivity contribution is -0.384. The monoisotopic (exact) mass is 249 g/mol. The number of aliphatic carboxylic acids is 1. The van der Waals surface area contributed by atoms with Crippen LogP contribution in [0.15, 0.2) is 18.2 Å². The minimum Gasteiger partial charge on any atom is -0.480 e. The van der Waals surface area contributed by atoms with Crippen LogP contribution >= 0.6 is 0 Å². The second-order valence-corrected chi connectivity index (χ2v) is 3.48. The fraction of sp³-hybridized carbons (Fsp3) is 0.273. The fourth-order valence-corrected chi connectivity index (χ4v) is 1.53. The summed E-state index contributed by atoms with van der Waals surface area (Å²) < 4.78 is 0. The van der Waals surface area contributed by atoms with Gasteiger partial charge >= 0.3 is 5.97 Å². The van der Waals surface area contributed by atoms with Gasteiger partial charge in [0.05, 0.1) is 16.2 Å². The molecule has 0 saturated heterocycles. The van der Waals surface area contributed by atoms with Gasteiger partial charge in [-0.1, -0.05) is 0 Å². The van der Waals surface area contributed by atoms with Gasteiger partial charge in [-0.2, -0.15) is 5.26 Å². The Hall–Kier alpha value is -2.62. The van der Waals surface area contributed by atoms with Crippen molar-refractivity contribution in [2.75, 3.05) is 18.0 Å². The highest BCUT2D eigenvalue weighted by molar-refractivity contribution is 5.75. The molecule has 7 nitrogen and oxygen atoms in total. The van der Waals surface area contributed by atoms with Crippen molar-refractivity contribution in [1.82, 2.24) is 0 Å². The van der Waals surface area contributed by atoms with E-state index in [2.05, 4.69) is 0 Å². The topological polar surface area (TPSA) is 107 Å². The number of carboxylic acids is 1. The second-order valence-electron chi connectivity index (χ2n) is 3.48. The minimum absolute atomic E-state index is 0.0901. The first kappa shape index (κ1) is 13.4. The van der Waals surface area contributed by atoms with E-state index < -0.39 is 10.9 Å². The maximum Gasteiger partial charge on any atom is 0.323 e. The molecule has 94 valence electrons. The number of carboxylic acid groups (broad SMARTS) is 1. The van der Waals surface area contributed by atoms with Gasteiger partial charge in [-0.15, -0.1) is 0 Å². The smallest absolute Gasteiger partial charge is 0.323 e. The van der Waals surface area contributed by atoms with Crippen LogP contribution < -0.4 is 4.90 Å². The molecule has 0 heterocycles. The number of non-ortho nitro benzene ring substituents is 1. The first-order valence-electron chi connectivity index (χ1n) is 5.14. The highest BCUT2D eigenvalue weighted by Crippen LogP contribution is 2.24. The van der Waals surface area contributed by atoms with E-state index in [9.17, 15) is 14.9 Å². The fourth-order valence-electron chi connectivity index (χ4n) is 1.53. The van der Waals surface area contributed by atoms with Gasteiger partial charge in [0.2, 0.25) is 0 Å². The van der Waals surface area contributed by atoms with Gasteiger partial charge in [0.15, 0.2) is 0 Å². The van der Waals surface area contributed by atoms with Crippen molar-refractivity contribution >= 4 is 17.3 Å². The van der Waals surface area contributed by atoms with E-state index in [4.69, 9.17) is 10.4 Å². The summed E-state index contributed by atoms with van der Waals surface area (Å²) in [5.74, 6) is -1.03. The highest BCUT2D eigenvalue weighted by atomic mass is 16.6. The molecule has 0 spiro atoms. The molecule has 0 aliphatic carbocycles. The average molecular weight is 249 g/mol. The predicted octanol–water partition coefficient (Wildman–Crippen LogP) is 1.38. The van der Waals surface area contributed by atoms with Gasteiger partial charge in [0.25, 0.3) is 5.69 Å². The molecular formula is C11H11N3O4. The third kappa shape index (κ3) is 2.95. The SMILES string of the molecule is CCN(CC(=O)O)c1ccc([N+](=O)[O-])cc1C#N. The molecule has 0 aliphatic rings. The lowest BCUT2D eigenvalue weighted by Gasteiger charge is -2.21. The zero-order valence-corrected chi connectivity index (χ0v) is 9.66. The van der Waals surface area contributed by atoms with Crippen LogP contribution in [0.4, 0.5) is 11.4 Å². The predicted molar refractivity (Wildman–Crippen MR) is 63.3 cm³/mol. The van der Waals surface area contributed by atoms with Crippen LogP contribution in [-0.4, -0.2) is 29.1 Å². The number of likely N-dealkylation sites (N-methyl/N-ethyl adjacent to an activating group) is 1. The Bertz CT molecular complexity index is 522. The Morgan fingerprint density at radius 2 is 2.28 bits per heavy atom. The number of rotatable bonds is 5. The number of benzene rings is 1. The molecule has 0 radical (unpaired) electrons. The Balaban J connectivity index is 3.19. The van der Waals surface area contributed by atoms with Crippen LogP contribution in [-0.2, 0) is 4.79 Å². The van der Waals surface area contributed by atoms with Gasteiger partial charge in [0, 0.05) is 18.7 Å². The summed E-state index contributed by atoms with van der Waals surface area (Å²) in [5, 5.41) is 28.3. The minimum atomic E-state index is -1.03. The molecule has 0 fully saturated rings. The molecule has 1 N–H and O–H groups in total. The van der Waals surface area contributed by atoms with Crippen molar-refractivity contribution in [1.29, 1.82) is 5.26 Å². The molecule has 0 aromatic heterocycles. The number of anilines is 1. The van der Waals surface area contributed by atoms with Crippen LogP contribution in [0, 0.1) is 21.4 Å². The molecule has 1 rings (SSSR count). The number of nitro groups is 1. The van der Waals surface area contributed by atoms with E-state index >= 15 is 0 Å². The van der Waals surface area contributed by atoms with Crippen LogP contribution in [0.2, 0.25) is 0 Å². The van der Waals surface area contributed by atoms with Crippen molar-refractivity contribution in [3.8, 4) is 6.07 Å². The second kappa shape index (κ2) is 5.63. The Morgan fingerprint density at radius 3 is 2.72 bits per heavy atom. The van der Waals surface area contributed by atoms with Crippen LogP contribution in [0.25, 0.3) is 0 Å². The molecule has 18 heavy (non-hydrogen) atoms. The molecule has 0 atom stereocenters. The summed E-state index contributed by atoms with van der Waals surface area (Å²) in [6.45, 7) is 1.87. The van der Waals surface area contributed by atoms with Gasteiger partial charge in [-0.05, 0) is 13.0 Å². The molecule has 0 aliphatic heterocycles. The third-order valence-electron chi connectivity index (χ3n) is 2.36. The van der Waals surface area contributed by atoms with Crippen molar-refractivity contribution < 1.29 is 14.8 Å². The quantitative estimate of drug-likeness (QED) is 0.623. The summed E-state index contributed by atoms with van der Waals surface area (Å²) in [7, 11) is 0. The number of nitro benzene ring substituents is 1. The number of nitriles is 1. The van der Waals surface area contributed by atoms with E-state index in [1.54, 1.807) is 6.92 Å². The highest BCUT2D eigenvalue weighted by Gasteiger charge is 2.16. The van der Waals surface area contributed by atoms with Gasteiger partial charge in [-0.25, -0.2) is 0 Å². The van der Waals surface area contributed by atoms with E-state index in [-0.39, 0.29) is 17.8 Å². The van der Waals surface area contributed by atoms with Gasteiger partial charge in [0.1, 0.15) is 12.6 Å². The number of hydrogen-bond donors (Lipinski definition) is 1. The van der Waals surface area contributed by atoms with Crippen molar-refractivity contribution in [3.63, 3.8) is 0 Å². The Labute approximate surface area is 103 Å². The Morgan fingerprint density at radius 1 is 1.61 bits per heavy atom. The molecule has 1 aromatic carbocycles.